The number of hydrogen-bond donors (Lipinski definition) is 0. The molecule has 1 aliphatic rings. The third-order valence-electron chi connectivity index (χ3n) is 3.21. The molecule has 17 heavy (non-hydrogen) atoms. The monoisotopic (exact) mass is 293 g/mol. The van der Waals surface area contributed by atoms with Crippen molar-refractivity contribution in [2.45, 2.75) is 31.7 Å². The van der Waals surface area contributed by atoms with Crippen molar-refractivity contribution in [3.63, 3.8) is 0 Å². The van der Waals surface area contributed by atoms with Gasteiger partial charge in [0, 0.05) is 24.4 Å². The minimum Gasteiger partial charge on any atom is -0.300 e. The van der Waals surface area contributed by atoms with Crippen molar-refractivity contribution >= 4 is 32.6 Å². The van der Waals surface area contributed by atoms with E-state index in [1.807, 2.05) is 16.9 Å². The minimum atomic E-state index is 0.224. The van der Waals surface area contributed by atoms with Gasteiger partial charge in [0.25, 0.3) is 0 Å². The van der Waals surface area contributed by atoms with Crippen LogP contribution in [0.2, 0.25) is 0 Å². The van der Waals surface area contributed by atoms with Gasteiger partial charge in [-0.25, -0.2) is 4.98 Å². The molecule has 0 aromatic carbocycles. The van der Waals surface area contributed by atoms with Crippen LogP contribution >= 0.6 is 15.9 Å². The van der Waals surface area contributed by atoms with Gasteiger partial charge >= 0.3 is 0 Å². The first kappa shape index (κ1) is 10.9. The Morgan fingerprint density at radius 2 is 2.35 bits per heavy atom. The molecule has 88 valence electrons. The Morgan fingerprint density at radius 1 is 1.47 bits per heavy atom. The van der Waals surface area contributed by atoms with Crippen molar-refractivity contribution in [2.75, 3.05) is 0 Å². The zero-order valence-electron chi connectivity index (χ0n) is 9.27. The molecule has 4 nitrogen and oxygen atoms in total. The molecule has 5 heteroatoms. The lowest BCUT2D eigenvalue weighted by molar-refractivity contribution is -0.121. The Morgan fingerprint density at radius 3 is 3.18 bits per heavy atom. The molecule has 0 N–H and O–H groups in total. The fraction of sp³-hybridized carbons (Fsp3) is 0.417. The van der Waals surface area contributed by atoms with E-state index in [4.69, 9.17) is 0 Å². The molecule has 0 aliphatic heterocycles. The fourth-order valence-corrected chi connectivity index (χ4v) is 2.68. The van der Waals surface area contributed by atoms with Crippen LogP contribution in [0.5, 0.6) is 0 Å². The summed E-state index contributed by atoms with van der Waals surface area (Å²) >= 11 is 3.34. The van der Waals surface area contributed by atoms with E-state index in [1.165, 1.54) is 0 Å². The molecule has 0 bridgehead atoms. The van der Waals surface area contributed by atoms with Crippen LogP contribution in [0.1, 0.15) is 31.7 Å². The van der Waals surface area contributed by atoms with Gasteiger partial charge in [0.05, 0.1) is 12.2 Å². The van der Waals surface area contributed by atoms with Gasteiger partial charge in [-0.2, -0.15) is 5.10 Å². The summed E-state index contributed by atoms with van der Waals surface area (Å²) in [7, 11) is 0. The third kappa shape index (κ3) is 2.11. The molecule has 0 amide bonds. The van der Waals surface area contributed by atoms with Gasteiger partial charge < -0.3 is 0 Å². The number of halogens is 1. The van der Waals surface area contributed by atoms with Crippen molar-refractivity contribution < 1.29 is 4.79 Å². The standard InChI is InChI=1S/C12H12BrN3O/c13-12-4-8-7-16(15-11(8)6-14-12)9-2-1-3-10(17)5-9/h4,6-7,9H,1-3,5H2. The van der Waals surface area contributed by atoms with E-state index in [0.29, 0.717) is 12.2 Å². The van der Waals surface area contributed by atoms with E-state index in [2.05, 4.69) is 26.0 Å². The van der Waals surface area contributed by atoms with Gasteiger partial charge in [-0.1, -0.05) is 0 Å². The van der Waals surface area contributed by atoms with Crippen molar-refractivity contribution in [2.24, 2.45) is 0 Å². The van der Waals surface area contributed by atoms with E-state index >= 15 is 0 Å². The number of fused-ring (bicyclic) bond motifs is 1. The SMILES string of the molecule is O=C1CCCC(n2cc3cc(Br)ncc3n2)C1. The predicted molar refractivity (Wildman–Crippen MR) is 67.7 cm³/mol. The molecule has 1 aliphatic carbocycles. The molecule has 2 heterocycles. The summed E-state index contributed by atoms with van der Waals surface area (Å²) in [6.45, 7) is 0. The van der Waals surface area contributed by atoms with Gasteiger partial charge in [0.1, 0.15) is 15.9 Å². The minimum absolute atomic E-state index is 0.224. The molecular weight excluding hydrogens is 282 g/mol. The van der Waals surface area contributed by atoms with Crippen molar-refractivity contribution in [1.29, 1.82) is 0 Å². The highest BCUT2D eigenvalue weighted by Gasteiger charge is 2.21. The van der Waals surface area contributed by atoms with Crippen LogP contribution in [0.15, 0.2) is 23.1 Å². The first-order valence-electron chi connectivity index (χ1n) is 5.74. The summed E-state index contributed by atoms with van der Waals surface area (Å²) in [4.78, 5) is 15.6. The summed E-state index contributed by atoms with van der Waals surface area (Å²) in [5, 5.41) is 5.55. The number of Topliss-reactive ketones (excluding diaryl/α,β-unsaturated/α-hetero) is 1. The molecule has 0 saturated heterocycles. The van der Waals surface area contributed by atoms with Crippen LogP contribution in [0, 0.1) is 0 Å². The molecule has 1 unspecified atom stereocenters. The lowest BCUT2D eigenvalue weighted by Gasteiger charge is -2.20. The largest absolute Gasteiger partial charge is 0.300 e. The second-order valence-electron chi connectivity index (χ2n) is 4.46. The Bertz CT molecular complexity index is 578. The molecule has 0 radical (unpaired) electrons. The number of aromatic nitrogens is 3. The van der Waals surface area contributed by atoms with Crippen LogP contribution < -0.4 is 0 Å². The van der Waals surface area contributed by atoms with E-state index in [-0.39, 0.29) is 6.04 Å². The van der Waals surface area contributed by atoms with Gasteiger partial charge in [-0.3, -0.25) is 9.48 Å². The maximum absolute atomic E-state index is 11.5. The lowest BCUT2D eigenvalue weighted by atomic mass is 9.94. The third-order valence-corrected chi connectivity index (χ3v) is 3.64. The van der Waals surface area contributed by atoms with E-state index in [9.17, 15) is 4.79 Å². The van der Waals surface area contributed by atoms with Gasteiger partial charge in [0.2, 0.25) is 0 Å². The molecule has 1 atom stereocenters. The molecule has 2 aromatic heterocycles. The summed E-state index contributed by atoms with van der Waals surface area (Å²) in [5.74, 6) is 0.347. The average Bonchev–Trinajstić information content (AvgIpc) is 2.72. The molecule has 1 saturated carbocycles. The number of rotatable bonds is 1. The van der Waals surface area contributed by atoms with Gasteiger partial charge in [0.15, 0.2) is 0 Å². The number of hydrogen-bond acceptors (Lipinski definition) is 3. The second-order valence-corrected chi connectivity index (χ2v) is 5.28. The normalized spacial score (nSPS) is 21.0. The van der Waals surface area contributed by atoms with Crippen molar-refractivity contribution in [3.8, 4) is 0 Å². The van der Waals surface area contributed by atoms with Crippen molar-refractivity contribution in [1.82, 2.24) is 14.8 Å². The predicted octanol–water partition coefficient (Wildman–Crippen LogP) is 2.88. The van der Waals surface area contributed by atoms with Crippen LogP contribution in [-0.4, -0.2) is 20.5 Å². The first-order chi connectivity index (χ1) is 8.22. The van der Waals surface area contributed by atoms with E-state index in [0.717, 1.165) is 34.8 Å². The number of carbonyl (C=O) groups excluding carboxylic acids is 1. The Labute approximate surface area is 107 Å². The zero-order chi connectivity index (χ0) is 11.8. The highest BCUT2D eigenvalue weighted by molar-refractivity contribution is 9.10. The molecular formula is C12H12BrN3O. The summed E-state index contributed by atoms with van der Waals surface area (Å²) < 4.78 is 2.74. The lowest BCUT2D eigenvalue weighted by Crippen LogP contribution is -2.19. The zero-order valence-corrected chi connectivity index (χ0v) is 10.9. The van der Waals surface area contributed by atoms with Crippen LogP contribution in [0.3, 0.4) is 0 Å². The Hall–Kier alpha value is -1.23. The molecule has 2 aromatic rings. The number of carbonyl (C=O) groups is 1. The van der Waals surface area contributed by atoms with Gasteiger partial charge in [-0.15, -0.1) is 0 Å². The highest BCUT2D eigenvalue weighted by Crippen LogP contribution is 2.27. The first-order valence-corrected chi connectivity index (χ1v) is 6.54. The Balaban J connectivity index is 1.97. The quantitative estimate of drug-likeness (QED) is 0.760. The Kier molecular flexibility index (Phi) is 2.70. The van der Waals surface area contributed by atoms with Crippen LogP contribution in [-0.2, 0) is 4.79 Å². The highest BCUT2D eigenvalue weighted by atomic mass is 79.9. The molecule has 1 fully saturated rings. The number of pyridine rings is 1. The topological polar surface area (TPSA) is 47.8 Å². The maximum atomic E-state index is 11.5. The fourth-order valence-electron chi connectivity index (χ4n) is 2.33. The van der Waals surface area contributed by atoms with Crippen molar-refractivity contribution in [3.05, 3.63) is 23.1 Å². The molecule has 0 spiro atoms. The summed E-state index contributed by atoms with van der Waals surface area (Å²) in [6.07, 6.45) is 7.11. The second kappa shape index (κ2) is 4.22. The van der Waals surface area contributed by atoms with Crippen LogP contribution in [0.4, 0.5) is 0 Å². The summed E-state index contributed by atoms with van der Waals surface area (Å²) in [6, 6.07) is 2.17. The molecule has 3 rings (SSSR count). The smallest absolute Gasteiger partial charge is 0.135 e. The van der Waals surface area contributed by atoms with E-state index in [1.54, 1.807) is 6.20 Å². The van der Waals surface area contributed by atoms with Gasteiger partial charge in [-0.05, 0) is 34.8 Å². The average molecular weight is 294 g/mol. The summed E-state index contributed by atoms with van der Waals surface area (Å²) in [5.41, 5.74) is 0.881. The maximum Gasteiger partial charge on any atom is 0.135 e. The van der Waals surface area contributed by atoms with E-state index < -0.39 is 0 Å². The number of nitrogens with zero attached hydrogens (tertiary/aromatic N) is 3. The number of ketones is 1. The van der Waals surface area contributed by atoms with Crippen LogP contribution in [0.25, 0.3) is 10.9 Å².